The molecule has 2 rings (SSSR count). The molecule has 1 aromatic carbocycles. The normalized spacial score (nSPS) is 16.9. The van der Waals surface area contributed by atoms with Gasteiger partial charge in [0.15, 0.2) is 0 Å². The van der Waals surface area contributed by atoms with Crippen molar-refractivity contribution in [3.8, 4) is 0 Å². The van der Waals surface area contributed by atoms with Crippen LogP contribution in [0.5, 0.6) is 0 Å². The second-order valence-electron chi connectivity index (χ2n) is 5.14. The predicted molar refractivity (Wildman–Crippen MR) is 74.5 cm³/mol. The Balaban J connectivity index is 2.38. The van der Waals surface area contributed by atoms with Gasteiger partial charge in [0, 0.05) is 44.5 Å². The molecule has 4 nitrogen and oxygen atoms in total. The molecule has 0 spiro atoms. The van der Waals surface area contributed by atoms with Gasteiger partial charge in [-0.2, -0.15) is 13.2 Å². The summed E-state index contributed by atoms with van der Waals surface area (Å²) in [5.74, 6) is -0.517. The molecule has 0 aromatic heterocycles. The quantitative estimate of drug-likeness (QED) is 0.905. The first-order valence-corrected chi connectivity index (χ1v) is 6.69. The molecule has 1 aromatic rings. The second kappa shape index (κ2) is 5.93. The average Bonchev–Trinajstić information content (AvgIpc) is 2.45. The molecule has 1 N–H and O–H groups in total. The highest BCUT2D eigenvalue weighted by molar-refractivity contribution is 5.95. The monoisotopic (exact) mass is 301 g/mol. The van der Waals surface area contributed by atoms with Crippen LogP contribution in [0.3, 0.4) is 0 Å². The summed E-state index contributed by atoms with van der Waals surface area (Å²) < 4.78 is 39.0. The third-order valence-corrected chi connectivity index (χ3v) is 3.60. The molecule has 0 saturated carbocycles. The van der Waals surface area contributed by atoms with Crippen LogP contribution in [0, 0.1) is 0 Å². The highest BCUT2D eigenvalue weighted by atomic mass is 19.4. The molecule has 116 valence electrons. The molecule has 0 aliphatic carbocycles. The van der Waals surface area contributed by atoms with Crippen LogP contribution in [0.4, 0.5) is 18.9 Å². The zero-order valence-corrected chi connectivity index (χ0v) is 12.0. The van der Waals surface area contributed by atoms with Gasteiger partial charge in [-0.25, -0.2) is 0 Å². The van der Waals surface area contributed by atoms with Crippen LogP contribution in [-0.4, -0.2) is 51.1 Å². The Morgan fingerprint density at radius 3 is 2.29 bits per heavy atom. The van der Waals surface area contributed by atoms with Gasteiger partial charge in [-0.1, -0.05) is 0 Å². The van der Waals surface area contributed by atoms with E-state index in [4.69, 9.17) is 0 Å². The summed E-state index contributed by atoms with van der Waals surface area (Å²) in [5, 5.41) is 2.36. The standard InChI is InChI=1S/C14H18F3N3O/c1-18-13(21)10-7-11(14(15,16)17)9-12(8-10)20-5-3-19(2)4-6-20/h7-9H,3-6H2,1-2H3,(H,18,21). The van der Waals surface area contributed by atoms with E-state index in [9.17, 15) is 18.0 Å². The van der Waals surface area contributed by atoms with E-state index in [1.807, 2.05) is 11.9 Å². The number of benzene rings is 1. The number of halogens is 3. The number of nitrogens with one attached hydrogen (secondary N) is 1. The van der Waals surface area contributed by atoms with Crippen molar-refractivity contribution in [2.45, 2.75) is 6.18 Å². The third kappa shape index (κ3) is 3.66. The molecule has 0 bridgehead atoms. The van der Waals surface area contributed by atoms with Gasteiger partial charge in [0.25, 0.3) is 5.91 Å². The lowest BCUT2D eigenvalue weighted by molar-refractivity contribution is -0.137. The molecule has 1 fully saturated rings. The summed E-state index contributed by atoms with van der Waals surface area (Å²) in [4.78, 5) is 15.7. The van der Waals surface area contributed by atoms with Crippen LogP contribution in [-0.2, 0) is 6.18 Å². The number of amides is 1. The molecular formula is C14H18F3N3O. The summed E-state index contributed by atoms with van der Waals surface area (Å²) in [6.07, 6.45) is -4.47. The van der Waals surface area contributed by atoms with Gasteiger partial charge in [0.05, 0.1) is 5.56 Å². The summed E-state index contributed by atoms with van der Waals surface area (Å²) in [7, 11) is 3.37. The zero-order chi connectivity index (χ0) is 15.6. The first-order valence-electron chi connectivity index (χ1n) is 6.69. The predicted octanol–water partition coefficient (Wildman–Crippen LogP) is 1.82. The minimum Gasteiger partial charge on any atom is -0.369 e. The lowest BCUT2D eigenvalue weighted by Crippen LogP contribution is -2.44. The van der Waals surface area contributed by atoms with Crippen molar-refractivity contribution in [3.05, 3.63) is 29.3 Å². The SMILES string of the molecule is CNC(=O)c1cc(N2CCN(C)CC2)cc(C(F)(F)F)c1. The van der Waals surface area contributed by atoms with E-state index in [2.05, 4.69) is 10.2 Å². The lowest BCUT2D eigenvalue weighted by atomic mass is 10.1. The zero-order valence-electron chi connectivity index (χ0n) is 12.0. The minimum absolute atomic E-state index is 0.0289. The van der Waals surface area contributed by atoms with E-state index >= 15 is 0 Å². The van der Waals surface area contributed by atoms with Gasteiger partial charge < -0.3 is 15.1 Å². The van der Waals surface area contributed by atoms with Crippen molar-refractivity contribution < 1.29 is 18.0 Å². The summed E-state index contributed by atoms with van der Waals surface area (Å²) in [6, 6.07) is 3.51. The molecule has 0 radical (unpaired) electrons. The van der Waals surface area contributed by atoms with E-state index in [1.54, 1.807) is 0 Å². The number of hydrogen-bond donors (Lipinski definition) is 1. The number of carbonyl (C=O) groups is 1. The second-order valence-corrected chi connectivity index (χ2v) is 5.14. The summed E-state index contributed by atoms with van der Waals surface area (Å²) in [6.45, 7) is 2.85. The number of nitrogens with zero attached hydrogens (tertiary/aromatic N) is 2. The molecule has 1 saturated heterocycles. The van der Waals surface area contributed by atoms with Gasteiger partial charge in [0.1, 0.15) is 0 Å². The van der Waals surface area contributed by atoms with Crippen LogP contribution in [0.25, 0.3) is 0 Å². The molecule has 0 atom stereocenters. The maximum absolute atomic E-state index is 13.0. The van der Waals surface area contributed by atoms with Crippen molar-refractivity contribution in [1.29, 1.82) is 0 Å². The Labute approximate surface area is 121 Å². The summed E-state index contributed by atoms with van der Waals surface area (Å²) >= 11 is 0. The topological polar surface area (TPSA) is 35.6 Å². The van der Waals surface area contributed by atoms with Crippen LogP contribution >= 0.6 is 0 Å². The number of likely N-dealkylation sites (N-methyl/N-ethyl adjacent to an activating group) is 1. The molecule has 1 heterocycles. The minimum atomic E-state index is -4.47. The maximum atomic E-state index is 13.0. The van der Waals surface area contributed by atoms with Gasteiger partial charge in [-0.15, -0.1) is 0 Å². The Hall–Kier alpha value is -1.76. The van der Waals surface area contributed by atoms with Gasteiger partial charge >= 0.3 is 6.18 Å². The van der Waals surface area contributed by atoms with Crippen LogP contribution < -0.4 is 10.2 Å². The highest BCUT2D eigenvalue weighted by Gasteiger charge is 2.32. The first kappa shape index (κ1) is 15.6. The highest BCUT2D eigenvalue weighted by Crippen LogP contribution is 2.33. The Morgan fingerprint density at radius 2 is 1.76 bits per heavy atom. The number of hydrogen-bond acceptors (Lipinski definition) is 3. The van der Waals surface area contributed by atoms with E-state index in [1.165, 1.54) is 13.1 Å². The molecule has 1 aliphatic heterocycles. The maximum Gasteiger partial charge on any atom is 0.416 e. The molecule has 21 heavy (non-hydrogen) atoms. The number of carbonyl (C=O) groups excluding carboxylic acids is 1. The van der Waals surface area contributed by atoms with E-state index < -0.39 is 17.6 Å². The van der Waals surface area contributed by atoms with Crippen molar-refractivity contribution in [3.63, 3.8) is 0 Å². The van der Waals surface area contributed by atoms with Crippen LogP contribution in [0.2, 0.25) is 0 Å². The van der Waals surface area contributed by atoms with Gasteiger partial charge in [0.2, 0.25) is 0 Å². The van der Waals surface area contributed by atoms with Crippen molar-refractivity contribution in [2.75, 3.05) is 45.2 Å². The van der Waals surface area contributed by atoms with Crippen molar-refractivity contribution in [2.24, 2.45) is 0 Å². The Kier molecular flexibility index (Phi) is 4.41. The lowest BCUT2D eigenvalue weighted by Gasteiger charge is -2.34. The molecular weight excluding hydrogens is 283 g/mol. The average molecular weight is 301 g/mol. The first-order chi connectivity index (χ1) is 9.81. The molecule has 1 aliphatic rings. The number of rotatable bonds is 2. The van der Waals surface area contributed by atoms with Gasteiger partial charge in [-0.05, 0) is 25.2 Å². The van der Waals surface area contributed by atoms with Crippen LogP contribution in [0.1, 0.15) is 15.9 Å². The van der Waals surface area contributed by atoms with Crippen molar-refractivity contribution in [1.82, 2.24) is 10.2 Å². The number of alkyl halides is 3. The molecule has 0 unspecified atom stereocenters. The van der Waals surface area contributed by atoms with Gasteiger partial charge in [-0.3, -0.25) is 4.79 Å². The Bertz CT molecular complexity index is 523. The number of anilines is 1. The molecule has 7 heteroatoms. The van der Waals surface area contributed by atoms with E-state index in [-0.39, 0.29) is 5.56 Å². The fraction of sp³-hybridized carbons (Fsp3) is 0.500. The smallest absolute Gasteiger partial charge is 0.369 e. The largest absolute Gasteiger partial charge is 0.416 e. The number of piperazine rings is 1. The van der Waals surface area contributed by atoms with Crippen molar-refractivity contribution >= 4 is 11.6 Å². The van der Waals surface area contributed by atoms with Crippen LogP contribution in [0.15, 0.2) is 18.2 Å². The third-order valence-electron chi connectivity index (χ3n) is 3.60. The van der Waals surface area contributed by atoms with E-state index in [0.29, 0.717) is 18.8 Å². The molecule has 1 amide bonds. The van der Waals surface area contributed by atoms with E-state index in [0.717, 1.165) is 25.2 Å². The Morgan fingerprint density at radius 1 is 1.14 bits per heavy atom. The fourth-order valence-corrected chi connectivity index (χ4v) is 2.30. The fourth-order valence-electron chi connectivity index (χ4n) is 2.30. The summed E-state index contributed by atoms with van der Waals surface area (Å²) in [5.41, 5.74) is -0.324.